The van der Waals surface area contributed by atoms with Crippen LogP contribution in [0.25, 0.3) is 0 Å². The summed E-state index contributed by atoms with van der Waals surface area (Å²) < 4.78 is 4.92. The average Bonchev–Trinajstić information content (AvgIpc) is 2.28. The van der Waals surface area contributed by atoms with Crippen molar-refractivity contribution in [1.29, 1.82) is 10.5 Å². The van der Waals surface area contributed by atoms with Crippen LogP contribution in [-0.2, 0) is 4.79 Å². The van der Waals surface area contributed by atoms with E-state index in [0.29, 0.717) is 0 Å². The van der Waals surface area contributed by atoms with Crippen LogP contribution in [0.1, 0.15) is 18.1 Å². The van der Waals surface area contributed by atoms with Crippen molar-refractivity contribution in [2.45, 2.75) is 6.92 Å². The summed E-state index contributed by atoms with van der Waals surface area (Å²) >= 11 is 0. The zero-order chi connectivity index (χ0) is 12.1. The van der Waals surface area contributed by atoms with Crippen molar-refractivity contribution < 1.29 is 9.53 Å². The second-order valence-corrected chi connectivity index (χ2v) is 3.14. The summed E-state index contributed by atoms with van der Waals surface area (Å²) in [6.07, 6.45) is 0. The molecule has 4 heteroatoms. The molecule has 0 amide bonds. The molecule has 0 bridgehead atoms. The number of nitriles is 2. The zero-order valence-corrected chi connectivity index (χ0v) is 8.65. The minimum Gasteiger partial charge on any atom is -0.423 e. The third kappa shape index (κ3) is 2.70. The van der Waals surface area contributed by atoms with Crippen LogP contribution in [0.3, 0.4) is 0 Å². The minimum absolute atomic E-state index is 0.170. The predicted molar refractivity (Wildman–Crippen MR) is 56.3 cm³/mol. The van der Waals surface area contributed by atoms with E-state index in [4.69, 9.17) is 15.3 Å². The highest BCUT2D eigenvalue weighted by Gasteiger charge is 2.07. The van der Waals surface area contributed by atoms with Crippen LogP contribution >= 0.6 is 0 Å². The second-order valence-electron chi connectivity index (χ2n) is 3.14. The maximum Gasteiger partial charge on any atom is 0.338 e. The van der Waals surface area contributed by atoms with Gasteiger partial charge in [0, 0.05) is 5.57 Å². The van der Waals surface area contributed by atoms with E-state index in [9.17, 15) is 4.79 Å². The fourth-order valence-corrected chi connectivity index (χ4v) is 0.981. The molecule has 0 aliphatic heterocycles. The zero-order valence-electron chi connectivity index (χ0n) is 8.65. The van der Waals surface area contributed by atoms with E-state index in [1.807, 2.05) is 12.1 Å². The van der Waals surface area contributed by atoms with E-state index < -0.39 is 5.97 Å². The third-order valence-electron chi connectivity index (χ3n) is 1.72. The Balaban J connectivity index is 3.07. The van der Waals surface area contributed by atoms with Gasteiger partial charge in [0.05, 0.1) is 23.3 Å². The van der Waals surface area contributed by atoms with Gasteiger partial charge in [0.2, 0.25) is 0 Å². The maximum atomic E-state index is 11.2. The van der Waals surface area contributed by atoms with Crippen LogP contribution in [0.15, 0.2) is 30.4 Å². The molecule has 0 aromatic heterocycles. The van der Waals surface area contributed by atoms with Gasteiger partial charge in [-0.1, -0.05) is 6.58 Å². The van der Waals surface area contributed by atoms with Gasteiger partial charge in [-0.15, -0.1) is 0 Å². The topological polar surface area (TPSA) is 73.9 Å². The lowest BCUT2D eigenvalue weighted by Crippen LogP contribution is -2.08. The summed E-state index contributed by atoms with van der Waals surface area (Å²) in [4.78, 5) is 11.2. The summed E-state index contributed by atoms with van der Waals surface area (Å²) in [5.74, 6) is -0.414. The number of nitrogens with zero attached hydrogens (tertiary/aromatic N) is 2. The SMILES string of the molecule is C=C(C)C(=O)Oc1cc(C#N)cc(C#N)c1. The van der Waals surface area contributed by atoms with Crippen LogP contribution in [0.4, 0.5) is 0 Å². The molecule has 0 unspecified atom stereocenters. The Morgan fingerprint density at radius 1 is 1.25 bits per heavy atom. The quantitative estimate of drug-likeness (QED) is 0.426. The van der Waals surface area contributed by atoms with Gasteiger partial charge in [0.15, 0.2) is 0 Å². The van der Waals surface area contributed by atoms with Crippen LogP contribution in [0.2, 0.25) is 0 Å². The van der Waals surface area contributed by atoms with Gasteiger partial charge in [-0.05, 0) is 25.1 Å². The Morgan fingerprint density at radius 3 is 2.12 bits per heavy atom. The lowest BCUT2D eigenvalue weighted by atomic mass is 10.1. The van der Waals surface area contributed by atoms with Crippen LogP contribution in [0.5, 0.6) is 5.75 Å². The fourth-order valence-electron chi connectivity index (χ4n) is 0.981. The van der Waals surface area contributed by atoms with Crippen LogP contribution < -0.4 is 4.74 Å². The number of ether oxygens (including phenoxy) is 1. The Bertz CT molecular complexity index is 501. The van der Waals surface area contributed by atoms with E-state index in [0.717, 1.165) is 0 Å². The molecule has 1 aromatic rings. The van der Waals surface area contributed by atoms with E-state index in [-0.39, 0.29) is 22.4 Å². The second kappa shape index (κ2) is 4.77. The first-order valence-electron chi connectivity index (χ1n) is 4.40. The Kier molecular flexibility index (Phi) is 3.42. The van der Waals surface area contributed by atoms with Crippen molar-refractivity contribution >= 4 is 5.97 Å². The van der Waals surface area contributed by atoms with Gasteiger partial charge in [0.25, 0.3) is 0 Å². The number of rotatable bonds is 2. The molecule has 4 nitrogen and oxygen atoms in total. The summed E-state index contributed by atoms with van der Waals surface area (Å²) in [7, 11) is 0. The van der Waals surface area contributed by atoms with Crippen LogP contribution in [0, 0.1) is 22.7 Å². The van der Waals surface area contributed by atoms with Crippen molar-refractivity contribution in [3.05, 3.63) is 41.5 Å². The van der Waals surface area contributed by atoms with Gasteiger partial charge in [0.1, 0.15) is 5.75 Å². The van der Waals surface area contributed by atoms with E-state index in [1.54, 1.807) is 0 Å². The van der Waals surface area contributed by atoms with Crippen molar-refractivity contribution in [2.75, 3.05) is 0 Å². The fraction of sp³-hybridized carbons (Fsp3) is 0.0833. The number of benzene rings is 1. The van der Waals surface area contributed by atoms with Crippen molar-refractivity contribution in [3.63, 3.8) is 0 Å². The molecule has 0 aliphatic rings. The normalized spacial score (nSPS) is 8.69. The summed E-state index contributed by atoms with van der Waals surface area (Å²) in [6, 6.07) is 7.96. The largest absolute Gasteiger partial charge is 0.423 e. The molecule has 16 heavy (non-hydrogen) atoms. The Hall–Kier alpha value is -2.59. The van der Waals surface area contributed by atoms with Crippen molar-refractivity contribution in [2.24, 2.45) is 0 Å². The summed E-state index contributed by atoms with van der Waals surface area (Å²) in [6.45, 7) is 4.95. The highest BCUT2D eigenvalue weighted by Crippen LogP contribution is 2.17. The smallest absolute Gasteiger partial charge is 0.338 e. The lowest BCUT2D eigenvalue weighted by molar-refractivity contribution is -0.130. The molecular formula is C12H8N2O2. The maximum absolute atomic E-state index is 11.2. The van der Waals surface area contributed by atoms with Gasteiger partial charge in [-0.3, -0.25) is 0 Å². The van der Waals surface area contributed by atoms with E-state index in [1.165, 1.54) is 25.1 Å². The Labute approximate surface area is 93.0 Å². The summed E-state index contributed by atoms with van der Waals surface area (Å²) in [5, 5.41) is 17.4. The molecule has 0 heterocycles. The molecule has 78 valence electrons. The minimum atomic E-state index is -0.584. The van der Waals surface area contributed by atoms with Crippen molar-refractivity contribution in [1.82, 2.24) is 0 Å². The van der Waals surface area contributed by atoms with Crippen LogP contribution in [-0.4, -0.2) is 5.97 Å². The first-order chi connectivity index (χ1) is 7.56. The number of hydrogen-bond donors (Lipinski definition) is 0. The molecule has 0 fully saturated rings. The molecule has 1 aromatic carbocycles. The molecule has 0 saturated carbocycles. The number of carbonyl (C=O) groups is 1. The molecular weight excluding hydrogens is 204 g/mol. The third-order valence-corrected chi connectivity index (χ3v) is 1.72. The monoisotopic (exact) mass is 212 g/mol. The molecule has 0 N–H and O–H groups in total. The molecule has 0 radical (unpaired) electrons. The highest BCUT2D eigenvalue weighted by atomic mass is 16.5. The molecule has 0 saturated heterocycles. The van der Waals surface area contributed by atoms with Crippen molar-refractivity contribution in [3.8, 4) is 17.9 Å². The first kappa shape index (κ1) is 11.5. The molecule has 0 spiro atoms. The number of esters is 1. The Morgan fingerprint density at radius 2 is 1.75 bits per heavy atom. The lowest BCUT2D eigenvalue weighted by Gasteiger charge is -2.04. The van der Waals surface area contributed by atoms with Gasteiger partial charge < -0.3 is 4.74 Å². The first-order valence-corrected chi connectivity index (χ1v) is 4.40. The summed E-state index contributed by atoms with van der Waals surface area (Å²) in [5.41, 5.74) is 0.785. The molecule has 0 aliphatic carbocycles. The van der Waals surface area contributed by atoms with Gasteiger partial charge in [-0.2, -0.15) is 10.5 Å². The van der Waals surface area contributed by atoms with E-state index in [2.05, 4.69) is 6.58 Å². The average molecular weight is 212 g/mol. The van der Waals surface area contributed by atoms with E-state index >= 15 is 0 Å². The predicted octanol–water partition coefficient (Wildman–Crippen LogP) is 1.91. The number of carbonyl (C=O) groups excluding carboxylic acids is 1. The standard InChI is InChI=1S/C12H8N2O2/c1-8(2)12(15)16-11-4-9(6-13)3-10(5-11)7-14/h3-5H,1H2,2H3. The van der Waals surface area contributed by atoms with Gasteiger partial charge in [-0.25, -0.2) is 4.79 Å². The highest BCUT2D eigenvalue weighted by molar-refractivity contribution is 5.88. The number of hydrogen-bond acceptors (Lipinski definition) is 4. The molecule has 1 rings (SSSR count). The van der Waals surface area contributed by atoms with Gasteiger partial charge >= 0.3 is 5.97 Å². The molecule has 0 atom stereocenters.